The number of fused-ring (bicyclic) bond motifs is 1. The highest BCUT2D eigenvalue weighted by atomic mass is 35.5. The number of hydrogen-bond acceptors (Lipinski definition) is 8. The summed E-state index contributed by atoms with van der Waals surface area (Å²) in [5.74, 6) is -2.46. The first-order valence-electron chi connectivity index (χ1n) is 9.26. The number of aliphatic hydroxyl groups is 2. The molecule has 0 radical (unpaired) electrons. The predicted octanol–water partition coefficient (Wildman–Crippen LogP) is 1.07. The number of rotatable bonds is 7. The monoisotopic (exact) mass is 484 g/mol. The van der Waals surface area contributed by atoms with E-state index in [1.54, 1.807) is 6.07 Å². The van der Waals surface area contributed by atoms with Crippen LogP contribution in [0.25, 0.3) is 11.0 Å². The van der Waals surface area contributed by atoms with Gasteiger partial charge in [-0.2, -0.15) is 4.98 Å². The van der Waals surface area contributed by atoms with E-state index in [1.165, 1.54) is 10.8 Å². The average molecular weight is 485 g/mol. The van der Waals surface area contributed by atoms with Gasteiger partial charge < -0.3 is 39.4 Å². The maximum atomic E-state index is 13.1. The molecule has 4 rings (SSSR count). The van der Waals surface area contributed by atoms with E-state index in [2.05, 4.69) is 15.3 Å². The van der Waals surface area contributed by atoms with Crippen molar-refractivity contribution in [2.24, 2.45) is 0 Å². The van der Waals surface area contributed by atoms with Crippen molar-refractivity contribution in [3.8, 4) is 0 Å². The highest BCUT2D eigenvalue weighted by molar-refractivity contribution is 7.51. The van der Waals surface area contributed by atoms with Crippen LogP contribution in [0, 0.1) is 0 Å². The number of nitrogens with zero attached hydrogens (tertiary/aromatic N) is 3. The molecule has 15 heteroatoms. The number of nitrogens with one attached hydrogen (secondary N) is 1. The number of aliphatic hydroxyl groups excluding tert-OH is 2. The normalized spacial score (nSPS) is 28.7. The third-order valence-corrected chi connectivity index (χ3v) is 5.82. The number of alkyl halides is 2. The first kappa shape index (κ1) is 22.7. The largest absolute Gasteiger partial charge is 0.387 e. The summed E-state index contributed by atoms with van der Waals surface area (Å²) < 4.78 is 49.1. The summed E-state index contributed by atoms with van der Waals surface area (Å²) in [4.78, 5) is 25.9. The molecule has 1 aliphatic heterocycles. The van der Waals surface area contributed by atoms with Gasteiger partial charge in [0.2, 0.25) is 5.28 Å². The maximum absolute atomic E-state index is 13.1. The number of hydrogen-bond donors (Lipinski definition) is 5. The van der Waals surface area contributed by atoms with E-state index in [0.717, 1.165) is 0 Å². The molecular formula is C16H20ClF2N4O7P. The van der Waals surface area contributed by atoms with Crippen molar-refractivity contribution in [2.45, 2.75) is 49.3 Å². The van der Waals surface area contributed by atoms with E-state index >= 15 is 0 Å². The Kier molecular flexibility index (Phi) is 5.99. The molecular weight excluding hydrogens is 465 g/mol. The molecule has 5 N–H and O–H groups in total. The summed E-state index contributed by atoms with van der Waals surface area (Å²) >= 11 is 5.99. The lowest BCUT2D eigenvalue weighted by Gasteiger charge is -2.35. The van der Waals surface area contributed by atoms with Gasteiger partial charge in [0.15, 0.2) is 6.23 Å². The molecule has 2 fully saturated rings. The Hall–Kier alpha value is -1.44. The molecule has 0 spiro atoms. The summed E-state index contributed by atoms with van der Waals surface area (Å²) in [5, 5.41) is 23.9. The van der Waals surface area contributed by atoms with Gasteiger partial charge in [-0.05, 0) is 17.7 Å². The van der Waals surface area contributed by atoms with Gasteiger partial charge in [0.25, 0.3) is 5.92 Å². The molecule has 0 bridgehead atoms. The topological polar surface area (TPSA) is 159 Å². The lowest BCUT2D eigenvalue weighted by atomic mass is 9.88. The second-order valence-electron chi connectivity index (χ2n) is 7.62. The van der Waals surface area contributed by atoms with Gasteiger partial charge in [0, 0.05) is 25.1 Å². The maximum Gasteiger partial charge on any atom is 0.350 e. The molecule has 1 unspecified atom stereocenters. The van der Waals surface area contributed by atoms with Gasteiger partial charge in [0.1, 0.15) is 36.1 Å². The molecule has 1 saturated heterocycles. The fourth-order valence-electron chi connectivity index (χ4n) is 3.66. The zero-order valence-electron chi connectivity index (χ0n) is 15.8. The third-order valence-electron chi connectivity index (χ3n) is 5.13. The molecule has 0 aromatic carbocycles. The molecule has 2 aromatic heterocycles. The van der Waals surface area contributed by atoms with Crippen LogP contribution < -0.4 is 5.32 Å². The second-order valence-corrected chi connectivity index (χ2v) is 9.54. The SMILES string of the molecule is O=P(O)(O)COCC1O[C@@H](n2ccc3c(NC4CC(F)(F)C4)nc(Cl)nc32)[C@H](O)[C@@H]1O. The molecule has 4 atom stereocenters. The van der Waals surface area contributed by atoms with E-state index in [-0.39, 0.29) is 36.2 Å². The van der Waals surface area contributed by atoms with Crippen LogP contribution in [0.4, 0.5) is 14.6 Å². The Labute approximate surface area is 179 Å². The molecule has 3 heterocycles. The van der Waals surface area contributed by atoms with Gasteiger partial charge in [-0.25, -0.2) is 13.8 Å². The zero-order valence-corrected chi connectivity index (χ0v) is 17.5. The first-order chi connectivity index (χ1) is 14.4. The minimum atomic E-state index is -4.40. The standard InChI is InChI=1S/C16H20ClF2N4O7P/c17-15-21-12(20-7-3-16(18,19)4-7)8-1-2-23(13(8)22-15)14-11(25)10(24)9(30-14)5-29-6-31(26,27)28/h1-2,7,9-11,14,24-25H,3-6H2,(H,20,21,22)(H2,26,27,28)/t9?,10-,11-,14-/m1/s1. The quantitative estimate of drug-likeness (QED) is 0.284. The molecule has 2 aliphatic rings. The number of halogens is 3. The minimum absolute atomic E-state index is 0.157. The molecule has 0 amide bonds. The third kappa shape index (κ3) is 4.83. The number of ether oxygens (including phenoxy) is 2. The second kappa shape index (κ2) is 8.16. The lowest BCUT2D eigenvalue weighted by Crippen LogP contribution is -2.44. The Morgan fingerprint density at radius 1 is 1.32 bits per heavy atom. The summed E-state index contributed by atoms with van der Waals surface area (Å²) in [5.41, 5.74) is 0.238. The summed E-state index contributed by atoms with van der Waals surface area (Å²) in [6.45, 7) is -0.364. The van der Waals surface area contributed by atoms with E-state index in [0.29, 0.717) is 5.39 Å². The first-order valence-corrected chi connectivity index (χ1v) is 11.4. The van der Waals surface area contributed by atoms with Crippen molar-refractivity contribution in [2.75, 3.05) is 18.3 Å². The predicted molar refractivity (Wildman–Crippen MR) is 103 cm³/mol. The van der Waals surface area contributed by atoms with Crippen LogP contribution in [0.5, 0.6) is 0 Å². The highest BCUT2D eigenvalue weighted by Crippen LogP contribution is 2.40. The Bertz CT molecular complexity index is 1010. The molecule has 11 nitrogen and oxygen atoms in total. The van der Waals surface area contributed by atoms with Crippen LogP contribution in [0.2, 0.25) is 5.28 Å². The van der Waals surface area contributed by atoms with Crippen molar-refractivity contribution in [3.05, 3.63) is 17.5 Å². The smallest absolute Gasteiger partial charge is 0.350 e. The highest BCUT2D eigenvalue weighted by Gasteiger charge is 2.46. The summed E-state index contributed by atoms with van der Waals surface area (Å²) in [6, 6.07) is 1.11. The number of aromatic nitrogens is 3. The van der Waals surface area contributed by atoms with E-state index in [9.17, 15) is 23.6 Å². The van der Waals surface area contributed by atoms with Gasteiger partial charge in [-0.1, -0.05) is 0 Å². The molecule has 1 aliphatic carbocycles. The Morgan fingerprint density at radius 2 is 2.03 bits per heavy atom. The Morgan fingerprint density at radius 3 is 2.68 bits per heavy atom. The van der Waals surface area contributed by atoms with Crippen molar-refractivity contribution in [1.82, 2.24) is 14.5 Å². The number of anilines is 1. The van der Waals surface area contributed by atoms with Crippen molar-refractivity contribution in [3.63, 3.8) is 0 Å². The van der Waals surface area contributed by atoms with Crippen LogP contribution in [0.1, 0.15) is 19.1 Å². The van der Waals surface area contributed by atoms with Gasteiger partial charge in [0.05, 0.1) is 12.0 Å². The van der Waals surface area contributed by atoms with Crippen LogP contribution >= 0.6 is 19.2 Å². The van der Waals surface area contributed by atoms with Crippen LogP contribution in [-0.2, 0) is 14.0 Å². The van der Waals surface area contributed by atoms with E-state index in [4.69, 9.17) is 30.9 Å². The fraction of sp³-hybridized carbons (Fsp3) is 0.625. The summed E-state index contributed by atoms with van der Waals surface area (Å²) in [6.07, 6.45) is -4.98. The summed E-state index contributed by atoms with van der Waals surface area (Å²) in [7, 11) is -4.40. The minimum Gasteiger partial charge on any atom is -0.387 e. The molecule has 2 aromatic rings. The lowest BCUT2D eigenvalue weighted by molar-refractivity contribution is -0.0793. The molecule has 1 saturated carbocycles. The fourth-order valence-corrected chi connectivity index (χ4v) is 4.17. The zero-order chi connectivity index (χ0) is 22.6. The molecule has 31 heavy (non-hydrogen) atoms. The van der Waals surface area contributed by atoms with Crippen LogP contribution in [-0.4, -0.2) is 77.8 Å². The van der Waals surface area contributed by atoms with Gasteiger partial charge in [-0.15, -0.1) is 0 Å². The van der Waals surface area contributed by atoms with Crippen LogP contribution in [0.15, 0.2) is 12.3 Å². The van der Waals surface area contributed by atoms with E-state index < -0.39 is 50.4 Å². The van der Waals surface area contributed by atoms with Gasteiger partial charge in [-0.3, -0.25) is 4.57 Å². The molecule has 172 valence electrons. The van der Waals surface area contributed by atoms with Crippen molar-refractivity contribution < 1.29 is 42.8 Å². The average Bonchev–Trinajstić information content (AvgIpc) is 3.15. The van der Waals surface area contributed by atoms with Crippen LogP contribution in [0.3, 0.4) is 0 Å². The van der Waals surface area contributed by atoms with Crippen molar-refractivity contribution in [1.29, 1.82) is 0 Å². The Balaban J connectivity index is 1.53. The van der Waals surface area contributed by atoms with E-state index in [1.807, 2.05) is 0 Å². The van der Waals surface area contributed by atoms with Crippen molar-refractivity contribution >= 4 is 36.0 Å². The van der Waals surface area contributed by atoms with Gasteiger partial charge >= 0.3 is 7.60 Å².